The summed E-state index contributed by atoms with van der Waals surface area (Å²) in [6.45, 7) is 7.50. The van der Waals surface area contributed by atoms with E-state index in [9.17, 15) is 4.79 Å². The van der Waals surface area contributed by atoms with Crippen molar-refractivity contribution >= 4 is 21.8 Å². The lowest BCUT2D eigenvalue weighted by atomic mass is 10.2. The summed E-state index contributed by atoms with van der Waals surface area (Å²) in [4.78, 5) is 14.7. The van der Waals surface area contributed by atoms with Crippen LogP contribution in [0.25, 0.3) is 0 Å². The molecule has 0 N–H and O–H groups in total. The summed E-state index contributed by atoms with van der Waals surface area (Å²) in [5.74, 6) is 0.0701. The lowest BCUT2D eigenvalue weighted by molar-refractivity contribution is 0.0740. The molecule has 0 atom stereocenters. The van der Waals surface area contributed by atoms with E-state index in [-0.39, 0.29) is 11.9 Å². The van der Waals surface area contributed by atoms with Gasteiger partial charge in [-0.25, -0.2) is 0 Å². The maximum Gasteiger partial charge on any atom is 0.270 e. The molecule has 3 nitrogen and oxygen atoms in total. The lowest BCUT2D eigenvalue weighted by Crippen LogP contribution is -2.32. The summed E-state index contributed by atoms with van der Waals surface area (Å²) in [6, 6.07) is 12.2. The molecule has 0 saturated heterocycles. The molecule has 0 spiro atoms. The third-order valence-corrected chi connectivity index (χ3v) is 3.91. The van der Waals surface area contributed by atoms with Gasteiger partial charge >= 0.3 is 0 Å². The monoisotopic (exact) mass is 348 g/mol. The van der Waals surface area contributed by atoms with Crippen LogP contribution in [0.5, 0.6) is 0 Å². The Hall–Kier alpha value is -1.55. The number of hydrogen-bond donors (Lipinski definition) is 0. The highest BCUT2D eigenvalue weighted by atomic mass is 79.9. The highest BCUT2D eigenvalue weighted by Crippen LogP contribution is 2.21. The molecule has 0 aliphatic carbocycles. The summed E-state index contributed by atoms with van der Waals surface area (Å²) in [5, 5.41) is 0. The van der Waals surface area contributed by atoms with E-state index in [1.54, 1.807) is 0 Å². The van der Waals surface area contributed by atoms with Crippen LogP contribution in [0, 0.1) is 0 Å². The first-order valence-corrected chi connectivity index (χ1v) is 8.02. The summed E-state index contributed by atoms with van der Waals surface area (Å²) in [5.41, 5.74) is 1.88. The van der Waals surface area contributed by atoms with Crippen LogP contribution in [0.2, 0.25) is 0 Å². The van der Waals surface area contributed by atoms with Crippen molar-refractivity contribution in [2.75, 3.05) is 6.54 Å². The molecule has 0 unspecified atom stereocenters. The molecule has 0 bridgehead atoms. The van der Waals surface area contributed by atoms with Crippen LogP contribution in [0.4, 0.5) is 0 Å². The number of aromatic nitrogens is 1. The second kappa shape index (κ2) is 6.94. The molecule has 2 rings (SSSR count). The second-order valence-electron chi connectivity index (χ2n) is 5.35. The SMILES string of the molecule is CCN(Cc1ccccc1)C(=O)c1cc(Br)cn1C(C)C. The highest BCUT2D eigenvalue weighted by Gasteiger charge is 2.20. The van der Waals surface area contributed by atoms with Gasteiger partial charge in [-0.3, -0.25) is 4.79 Å². The van der Waals surface area contributed by atoms with Gasteiger partial charge in [0.1, 0.15) is 5.69 Å². The average Bonchev–Trinajstić information content (AvgIpc) is 2.87. The Labute approximate surface area is 134 Å². The fourth-order valence-electron chi connectivity index (χ4n) is 2.34. The van der Waals surface area contributed by atoms with Gasteiger partial charge in [0, 0.05) is 29.8 Å². The molecule has 0 saturated carbocycles. The molecule has 4 heteroatoms. The van der Waals surface area contributed by atoms with Gasteiger partial charge in [0.2, 0.25) is 0 Å². The van der Waals surface area contributed by atoms with Gasteiger partial charge in [-0.2, -0.15) is 0 Å². The Morgan fingerprint density at radius 3 is 2.52 bits per heavy atom. The number of rotatable bonds is 5. The molecule has 21 heavy (non-hydrogen) atoms. The van der Waals surface area contributed by atoms with Crippen molar-refractivity contribution in [1.82, 2.24) is 9.47 Å². The molecule has 112 valence electrons. The maximum atomic E-state index is 12.8. The van der Waals surface area contributed by atoms with Crippen LogP contribution < -0.4 is 0 Å². The van der Waals surface area contributed by atoms with E-state index in [0.717, 1.165) is 15.7 Å². The van der Waals surface area contributed by atoms with Crippen molar-refractivity contribution in [3.8, 4) is 0 Å². The van der Waals surface area contributed by atoms with Gasteiger partial charge in [-0.1, -0.05) is 30.3 Å². The molecule has 1 heterocycles. The van der Waals surface area contributed by atoms with Crippen LogP contribution in [-0.4, -0.2) is 21.9 Å². The number of amides is 1. The molecule has 0 radical (unpaired) electrons. The summed E-state index contributed by atoms with van der Waals surface area (Å²) >= 11 is 3.47. The zero-order valence-corrected chi connectivity index (χ0v) is 14.3. The Kier molecular flexibility index (Phi) is 5.23. The largest absolute Gasteiger partial charge is 0.340 e. The molecular weight excluding hydrogens is 328 g/mol. The molecule has 0 aliphatic heterocycles. The zero-order chi connectivity index (χ0) is 15.4. The smallest absolute Gasteiger partial charge is 0.270 e. The number of benzene rings is 1. The second-order valence-corrected chi connectivity index (χ2v) is 6.27. The van der Waals surface area contributed by atoms with Crippen molar-refractivity contribution in [2.45, 2.75) is 33.4 Å². The van der Waals surface area contributed by atoms with Crippen LogP contribution in [0.3, 0.4) is 0 Å². The van der Waals surface area contributed by atoms with Crippen LogP contribution in [-0.2, 0) is 6.54 Å². The molecule has 1 aromatic heterocycles. The van der Waals surface area contributed by atoms with Crippen LogP contribution >= 0.6 is 15.9 Å². The van der Waals surface area contributed by atoms with Gasteiger partial charge < -0.3 is 9.47 Å². The standard InChI is InChI=1S/C17H21BrN2O/c1-4-19(11-14-8-6-5-7-9-14)17(21)16-10-15(18)12-20(16)13(2)3/h5-10,12-13H,4,11H2,1-3H3. The number of nitrogens with zero attached hydrogens (tertiary/aromatic N) is 2. The Morgan fingerprint density at radius 2 is 1.95 bits per heavy atom. The summed E-state index contributed by atoms with van der Waals surface area (Å²) in [6.07, 6.45) is 1.97. The predicted octanol–water partition coefficient (Wildman–Crippen LogP) is 4.49. The number of carbonyl (C=O) groups excluding carboxylic acids is 1. The predicted molar refractivity (Wildman–Crippen MR) is 89.4 cm³/mol. The number of halogens is 1. The Balaban J connectivity index is 2.24. The Morgan fingerprint density at radius 1 is 1.29 bits per heavy atom. The van der Waals surface area contributed by atoms with Crippen molar-refractivity contribution in [1.29, 1.82) is 0 Å². The third kappa shape index (κ3) is 3.76. The van der Waals surface area contributed by atoms with E-state index in [4.69, 9.17) is 0 Å². The van der Waals surface area contributed by atoms with E-state index < -0.39 is 0 Å². The van der Waals surface area contributed by atoms with E-state index in [1.165, 1.54) is 0 Å². The first kappa shape index (κ1) is 15.8. The van der Waals surface area contributed by atoms with Crippen molar-refractivity contribution in [3.05, 3.63) is 58.3 Å². The average molecular weight is 349 g/mol. The minimum atomic E-state index is 0.0701. The molecule has 1 amide bonds. The van der Waals surface area contributed by atoms with Crippen molar-refractivity contribution in [2.24, 2.45) is 0 Å². The quantitative estimate of drug-likeness (QED) is 0.781. The number of hydrogen-bond acceptors (Lipinski definition) is 1. The van der Waals surface area contributed by atoms with Gasteiger partial charge in [-0.05, 0) is 48.3 Å². The van der Waals surface area contributed by atoms with Crippen molar-refractivity contribution < 1.29 is 4.79 Å². The van der Waals surface area contributed by atoms with E-state index >= 15 is 0 Å². The third-order valence-electron chi connectivity index (χ3n) is 3.48. The lowest BCUT2D eigenvalue weighted by Gasteiger charge is -2.22. The maximum absolute atomic E-state index is 12.8. The fraction of sp³-hybridized carbons (Fsp3) is 0.353. The molecule has 2 aromatic rings. The molecular formula is C17H21BrN2O. The summed E-state index contributed by atoms with van der Waals surface area (Å²) in [7, 11) is 0. The van der Waals surface area contributed by atoms with E-state index in [1.807, 2.05) is 59.0 Å². The first-order valence-electron chi connectivity index (χ1n) is 7.23. The van der Waals surface area contributed by atoms with E-state index in [0.29, 0.717) is 13.1 Å². The number of carbonyl (C=O) groups is 1. The zero-order valence-electron chi connectivity index (χ0n) is 12.7. The summed E-state index contributed by atoms with van der Waals surface area (Å²) < 4.78 is 2.95. The highest BCUT2D eigenvalue weighted by molar-refractivity contribution is 9.10. The van der Waals surface area contributed by atoms with Gasteiger partial charge in [0.15, 0.2) is 0 Å². The normalized spacial score (nSPS) is 10.9. The van der Waals surface area contributed by atoms with Crippen molar-refractivity contribution in [3.63, 3.8) is 0 Å². The molecule has 1 aromatic carbocycles. The van der Waals surface area contributed by atoms with E-state index in [2.05, 4.69) is 29.8 Å². The van der Waals surface area contributed by atoms with Crippen LogP contribution in [0.1, 0.15) is 42.9 Å². The molecule has 0 fully saturated rings. The Bertz CT molecular complexity index is 605. The van der Waals surface area contributed by atoms with Gasteiger partial charge in [-0.15, -0.1) is 0 Å². The molecule has 0 aliphatic rings. The minimum Gasteiger partial charge on any atom is -0.340 e. The van der Waals surface area contributed by atoms with Gasteiger partial charge in [0.25, 0.3) is 5.91 Å². The minimum absolute atomic E-state index is 0.0701. The van der Waals surface area contributed by atoms with Gasteiger partial charge in [0.05, 0.1) is 0 Å². The fourth-order valence-corrected chi connectivity index (χ4v) is 2.77. The topological polar surface area (TPSA) is 25.2 Å². The van der Waals surface area contributed by atoms with Crippen LogP contribution in [0.15, 0.2) is 47.1 Å². The first-order chi connectivity index (χ1) is 10.0.